The fourth-order valence-electron chi connectivity index (χ4n) is 2.73. The number of hydrogen-bond donors (Lipinski definition) is 1. The topological polar surface area (TPSA) is 66.7 Å². The molecule has 1 aliphatic heterocycles. The number of carbonyl (C=O) groups excluding carboxylic acids is 2. The van der Waals surface area contributed by atoms with Gasteiger partial charge in [-0.3, -0.25) is 14.0 Å². The minimum atomic E-state index is -0.387. The van der Waals surface area contributed by atoms with E-state index in [0.29, 0.717) is 23.7 Å². The van der Waals surface area contributed by atoms with Gasteiger partial charge in [-0.2, -0.15) is 4.39 Å². The van der Waals surface area contributed by atoms with Gasteiger partial charge < -0.3 is 10.2 Å². The van der Waals surface area contributed by atoms with Gasteiger partial charge in [0, 0.05) is 18.5 Å². The van der Waals surface area contributed by atoms with Gasteiger partial charge in [-0.1, -0.05) is 12.2 Å². The smallest absolute Gasteiger partial charge is 0.269 e. The Hall–Kier alpha value is -2.52. The third-order valence-corrected chi connectivity index (χ3v) is 5.71. The molecule has 4 heterocycles. The van der Waals surface area contributed by atoms with Gasteiger partial charge >= 0.3 is 0 Å². The molecule has 0 aliphatic carbocycles. The number of imidazole rings is 1. The summed E-state index contributed by atoms with van der Waals surface area (Å²) in [6.07, 6.45) is 7.04. The summed E-state index contributed by atoms with van der Waals surface area (Å²) in [6.45, 7) is 0.740. The summed E-state index contributed by atoms with van der Waals surface area (Å²) >= 11 is 2.27. The highest BCUT2D eigenvalue weighted by Crippen LogP contribution is 2.20. The third kappa shape index (κ3) is 2.96. The predicted octanol–water partition coefficient (Wildman–Crippen LogP) is 2.41. The van der Waals surface area contributed by atoms with Crippen molar-refractivity contribution in [2.45, 2.75) is 6.04 Å². The molecule has 1 unspecified atom stereocenters. The number of fused-ring (bicyclic) bond motifs is 1. The van der Waals surface area contributed by atoms with Crippen LogP contribution in [-0.2, 0) is 0 Å². The van der Waals surface area contributed by atoms with Crippen molar-refractivity contribution in [1.29, 1.82) is 0 Å². The fraction of sp³-hybridized carbons (Fsp3) is 0.188. The molecule has 6 nitrogen and oxygen atoms in total. The second kappa shape index (κ2) is 6.41. The molecule has 1 atom stereocenters. The highest BCUT2D eigenvalue weighted by molar-refractivity contribution is 7.15. The summed E-state index contributed by atoms with van der Waals surface area (Å²) < 4.78 is 14.9. The van der Waals surface area contributed by atoms with E-state index in [1.54, 1.807) is 27.2 Å². The Bertz CT molecular complexity index is 974. The number of halogens is 1. The first-order valence-corrected chi connectivity index (χ1v) is 9.24. The highest BCUT2D eigenvalue weighted by atomic mass is 32.1. The van der Waals surface area contributed by atoms with Gasteiger partial charge in [-0.25, -0.2) is 4.98 Å². The van der Waals surface area contributed by atoms with Crippen LogP contribution in [-0.4, -0.2) is 45.2 Å². The molecule has 1 N–H and O–H groups in total. The van der Waals surface area contributed by atoms with Crippen LogP contribution in [0.5, 0.6) is 0 Å². The van der Waals surface area contributed by atoms with Crippen molar-refractivity contribution in [3.63, 3.8) is 0 Å². The lowest BCUT2D eigenvalue weighted by atomic mass is 10.2. The second-order valence-corrected chi connectivity index (χ2v) is 7.41. The van der Waals surface area contributed by atoms with Crippen LogP contribution in [0.2, 0.25) is 0 Å². The molecule has 0 aromatic carbocycles. The van der Waals surface area contributed by atoms with Crippen molar-refractivity contribution in [3.8, 4) is 0 Å². The number of aromatic nitrogens is 2. The lowest BCUT2D eigenvalue weighted by Gasteiger charge is -2.24. The second-order valence-electron chi connectivity index (χ2n) is 5.49. The Morgan fingerprint density at radius 1 is 1.40 bits per heavy atom. The summed E-state index contributed by atoms with van der Waals surface area (Å²) in [5.41, 5.74) is 0.512. The maximum absolute atomic E-state index is 13.2. The van der Waals surface area contributed by atoms with E-state index in [9.17, 15) is 14.0 Å². The van der Waals surface area contributed by atoms with Crippen LogP contribution < -0.4 is 5.32 Å². The summed E-state index contributed by atoms with van der Waals surface area (Å²) in [4.78, 5) is 31.8. The first-order chi connectivity index (χ1) is 12.1. The van der Waals surface area contributed by atoms with E-state index < -0.39 is 0 Å². The largest absolute Gasteiger partial charge is 0.348 e. The molecule has 0 saturated heterocycles. The number of amides is 2. The van der Waals surface area contributed by atoms with Crippen LogP contribution >= 0.6 is 22.7 Å². The van der Waals surface area contributed by atoms with Crippen LogP contribution in [0.1, 0.15) is 20.2 Å². The Morgan fingerprint density at radius 2 is 2.28 bits per heavy atom. The molecule has 0 saturated carbocycles. The number of hydrogen-bond acceptors (Lipinski definition) is 5. The third-order valence-electron chi connectivity index (χ3n) is 3.97. The van der Waals surface area contributed by atoms with Gasteiger partial charge in [0.25, 0.3) is 11.8 Å². The molecule has 0 radical (unpaired) electrons. The van der Waals surface area contributed by atoms with Crippen LogP contribution in [0, 0.1) is 5.13 Å². The van der Waals surface area contributed by atoms with Gasteiger partial charge in [-0.05, 0) is 12.1 Å². The van der Waals surface area contributed by atoms with Crippen molar-refractivity contribution in [2.75, 3.05) is 13.1 Å². The molecule has 9 heteroatoms. The Kier molecular flexibility index (Phi) is 4.10. The van der Waals surface area contributed by atoms with E-state index in [0.717, 1.165) is 16.2 Å². The molecule has 0 bridgehead atoms. The van der Waals surface area contributed by atoms with Crippen molar-refractivity contribution in [2.24, 2.45) is 0 Å². The van der Waals surface area contributed by atoms with Crippen molar-refractivity contribution < 1.29 is 14.0 Å². The van der Waals surface area contributed by atoms with E-state index in [-0.39, 0.29) is 23.0 Å². The van der Waals surface area contributed by atoms with Gasteiger partial charge in [0.15, 0.2) is 5.13 Å². The number of nitrogens with one attached hydrogen (secondary N) is 1. The highest BCUT2D eigenvalue weighted by Gasteiger charge is 2.27. The van der Waals surface area contributed by atoms with E-state index >= 15 is 0 Å². The summed E-state index contributed by atoms with van der Waals surface area (Å²) in [6, 6.07) is 2.52. The lowest BCUT2D eigenvalue weighted by Crippen LogP contribution is -2.43. The maximum atomic E-state index is 13.2. The quantitative estimate of drug-likeness (QED) is 0.711. The maximum Gasteiger partial charge on any atom is 0.269 e. The van der Waals surface area contributed by atoms with Crippen LogP contribution in [0.3, 0.4) is 0 Å². The first kappa shape index (κ1) is 16.0. The zero-order chi connectivity index (χ0) is 17.4. The molecule has 3 aromatic heterocycles. The van der Waals surface area contributed by atoms with E-state index in [1.807, 2.05) is 12.2 Å². The molecule has 0 fully saturated rings. The molecule has 3 aromatic rings. The number of rotatable bonds is 4. The van der Waals surface area contributed by atoms with Crippen molar-refractivity contribution in [1.82, 2.24) is 19.6 Å². The van der Waals surface area contributed by atoms with Crippen LogP contribution in [0.15, 0.2) is 42.2 Å². The van der Waals surface area contributed by atoms with Crippen LogP contribution in [0.25, 0.3) is 4.83 Å². The standard InChI is InChI=1S/C16H13FN4O2S2/c17-13-4-3-12(25-13)16(23)20-5-1-2-10(20)6-19-15(22)11-8-24-14-7-18-9-21(11)14/h1-4,7-10H,5-6H2,(H,19,22). The molecule has 2 amide bonds. The minimum absolute atomic E-state index is 0.223. The van der Waals surface area contributed by atoms with Crippen LogP contribution in [0.4, 0.5) is 4.39 Å². The molecule has 25 heavy (non-hydrogen) atoms. The van der Waals surface area contributed by atoms with Crippen molar-refractivity contribution >= 4 is 39.3 Å². The zero-order valence-electron chi connectivity index (χ0n) is 12.9. The summed E-state index contributed by atoms with van der Waals surface area (Å²) in [5, 5.41) is 4.24. The number of thiazole rings is 1. The fourth-order valence-corrected chi connectivity index (χ4v) is 4.25. The lowest BCUT2D eigenvalue weighted by molar-refractivity contribution is 0.0743. The van der Waals surface area contributed by atoms with Gasteiger partial charge in [0.05, 0.1) is 17.1 Å². The Balaban J connectivity index is 1.43. The monoisotopic (exact) mass is 376 g/mol. The molecule has 128 valence electrons. The number of thiophene rings is 1. The SMILES string of the molecule is O=C(NCC1C=CCN1C(=O)c1ccc(F)s1)c1csc2cncn12. The molecular weight excluding hydrogens is 363 g/mol. The van der Waals surface area contributed by atoms with Gasteiger partial charge in [0.2, 0.25) is 0 Å². The normalized spacial score (nSPS) is 16.7. The van der Waals surface area contributed by atoms with E-state index in [2.05, 4.69) is 10.3 Å². The minimum Gasteiger partial charge on any atom is -0.348 e. The average molecular weight is 376 g/mol. The van der Waals surface area contributed by atoms with Gasteiger partial charge in [-0.15, -0.1) is 22.7 Å². The Labute approximate surface area is 150 Å². The average Bonchev–Trinajstić information content (AvgIpc) is 3.35. The van der Waals surface area contributed by atoms with Gasteiger partial charge in [0.1, 0.15) is 16.9 Å². The number of nitrogens with zero attached hydrogens (tertiary/aromatic N) is 3. The molecule has 0 spiro atoms. The molecular formula is C16H13FN4O2S2. The summed E-state index contributed by atoms with van der Waals surface area (Å²) in [5.74, 6) is -0.454. The van der Waals surface area contributed by atoms with E-state index in [1.165, 1.54) is 23.5 Å². The first-order valence-electron chi connectivity index (χ1n) is 7.54. The number of carbonyl (C=O) groups is 2. The zero-order valence-corrected chi connectivity index (χ0v) is 14.5. The summed E-state index contributed by atoms with van der Waals surface area (Å²) in [7, 11) is 0. The Morgan fingerprint density at radius 3 is 3.08 bits per heavy atom. The molecule has 1 aliphatic rings. The van der Waals surface area contributed by atoms with Crippen molar-refractivity contribution in [3.05, 3.63) is 57.9 Å². The van der Waals surface area contributed by atoms with E-state index in [4.69, 9.17) is 0 Å². The predicted molar refractivity (Wildman–Crippen MR) is 93.6 cm³/mol. The molecule has 4 rings (SSSR count).